The van der Waals surface area contributed by atoms with E-state index < -0.39 is 0 Å². The summed E-state index contributed by atoms with van der Waals surface area (Å²) in [5, 5.41) is 3.87. The molecule has 4 rings (SSSR count). The van der Waals surface area contributed by atoms with Crippen LogP contribution < -0.4 is 11.0 Å². The van der Waals surface area contributed by atoms with Gasteiger partial charge in [0.25, 0.3) is 0 Å². The highest BCUT2D eigenvalue weighted by atomic mass is 32.2. The second-order valence-corrected chi connectivity index (χ2v) is 8.54. The lowest BCUT2D eigenvalue weighted by atomic mass is 9.95. The van der Waals surface area contributed by atoms with Gasteiger partial charge in [-0.25, -0.2) is 4.79 Å². The molecule has 2 heterocycles. The molecule has 6 nitrogen and oxygen atoms in total. The molecule has 1 saturated carbocycles. The Morgan fingerprint density at radius 1 is 1.18 bits per heavy atom. The van der Waals surface area contributed by atoms with Crippen molar-refractivity contribution in [2.75, 3.05) is 5.75 Å². The maximum atomic E-state index is 12.7. The Morgan fingerprint density at radius 2 is 2.04 bits per heavy atom. The van der Waals surface area contributed by atoms with Crippen LogP contribution in [0.4, 0.5) is 0 Å². The molecule has 0 aromatic carbocycles. The molecule has 0 aliphatic heterocycles. The molecule has 2 aromatic heterocycles. The minimum absolute atomic E-state index is 0.0445. The van der Waals surface area contributed by atoms with Gasteiger partial charge in [0.15, 0.2) is 0 Å². The first-order valence-electron chi connectivity index (χ1n) is 10.2. The average Bonchev–Trinajstić information content (AvgIpc) is 3.20. The molecule has 7 heteroatoms. The standard InChI is InChI=1S/C21H26N4O2S/c26-19(23-15-7-2-1-3-8-15)14-28-20-17-10-6-11-18(17)25(21(27)24-20)13-16-9-4-5-12-22-16/h4-5,9,12,15H,1-3,6-8,10-11,13-14H2,(H,23,26). The van der Waals surface area contributed by atoms with Crippen molar-refractivity contribution in [3.05, 3.63) is 51.8 Å². The molecule has 148 valence electrons. The van der Waals surface area contributed by atoms with E-state index in [1.807, 2.05) is 18.2 Å². The van der Waals surface area contributed by atoms with Crippen molar-refractivity contribution >= 4 is 17.7 Å². The van der Waals surface area contributed by atoms with E-state index in [0.29, 0.717) is 18.3 Å². The Bertz CT molecular complexity index is 891. The van der Waals surface area contributed by atoms with Crippen LogP contribution in [0.3, 0.4) is 0 Å². The van der Waals surface area contributed by atoms with Crippen LogP contribution in [0, 0.1) is 0 Å². The van der Waals surface area contributed by atoms with E-state index in [-0.39, 0.29) is 11.6 Å². The summed E-state index contributed by atoms with van der Waals surface area (Å²) in [7, 11) is 0. The molecule has 0 saturated heterocycles. The van der Waals surface area contributed by atoms with Crippen molar-refractivity contribution in [3.8, 4) is 0 Å². The normalized spacial score (nSPS) is 16.7. The van der Waals surface area contributed by atoms with E-state index in [9.17, 15) is 9.59 Å². The van der Waals surface area contributed by atoms with E-state index in [1.54, 1.807) is 10.8 Å². The molecule has 0 bridgehead atoms. The van der Waals surface area contributed by atoms with E-state index in [4.69, 9.17) is 0 Å². The molecular weight excluding hydrogens is 372 g/mol. The number of thioether (sulfide) groups is 1. The molecule has 2 aliphatic carbocycles. The van der Waals surface area contributed by atoms with Gasteiger partial charge in [-0.15, -0.1) is 0 Å². The number of carbonyl (C=O) groups is 1. The summed E-state index contributed by atoms with van der Waals surface area (Å²) in [6, 6.07) is 6.03. The first kappa shape index (κ1) is 19.2. The molecular formula is C21H26N4O2S. The predicted molar refractivity (Wildman–Crippen MR) is 110 cm³/mol. The smallest absolute Gasteiger partial charge is 0.349 e. The fourth-order valence-electron chi connectivity index (χ4n) is 4.17. The molecule has 1 fully saturated rings. The largest absolute Gasteiger partial charge is 0.353 e. The molecule has 0 unspecified atom stereocenters. The van der Waals surface area contributed by atoms with Gasteiger partial charge in [-0.3, -0.25) is 14.3 Å². The topological polar surface area (TPSA) is 76.9 Å². The summed E-state index contributed by atoms with van der Waals surface area (Å²) in [6.45, 7) is 0.447. The van der Waals surface area contributed by atoms with Gasteiger partial charge in [-0.2, -0.15) is 4.98 Å². The first-order chi connectivity index (χ1) is 13.7. The summed E-state index contributed by atoms with van der Waals surface area (Å²) in [5.41, 5.74) is 2.79. The fraction of sp³-hybridized carbons (Fsp3) is 0.524. The van der Waals surface area contributed by atoms with Crippen LogP contribution in [0.5, 0.6) is 0 Å². The number of hydrogen-bond acceptors (Lipinski definition) is 5. The third kappa shape index (κ3) is 4.46. The van der Waals surface area contributed by atoms with E-state index >= 15 is 0 Å². The number of hydrogen-bond donors (Lipinski definition) is 1. The summed E-state index contributed by atoms with van der Waals surface area (Å²) >= 11 is 1.40. The first-order valence-corrected chi connectivity index (χ1v) is 11.1. The number of nitrogens with one attached hydrogen (secondary N) is 1. The van der Waals surface area contributed by atoms with Gasteiger partial charge < -0.3 is 5.32 Å². The maximum absolute atomic E-state index is 12.7. The second-order valence-electron chi connectivity index (χ2n) is 7.58. The fourth-order valence-corrected chi connectivity index (χ4v) is 5.06. The van der Waals surface area contributed by atoms with Crippen LogP contribution in [0.15, 0.2) is 34.2 Å². The number of aromatic nitrogens is 3. The van der Waals surface area contributed by atoms with Gasteiger partial charge in [-0.1, -0.05) is 37.1 Å². The molecule has 2 aromatic rings. The number of rotatable bonds is 6. The van der Waals surface area contributed by atoms with E-state index in [2.05, 4.69) is 15.3 Å². The van der Waals surface area contributed by atoms with Gasteiger partial charge in [0.2, 0.25) is 5.91 Å². The highest BCUT2D eigenvalue weighted by Gasteiger charge is 2.23. The molecule has 0 radical (unpaired) electrons. The minimum Gasteiger partial charge on any atom is -0.353 e. The monoisotopic (exact) mass is 398 g/mol. The maximum Gasteiger partial charge on any atom is 0.349 e. The van der Waals surface area contributed by atoms with E-state index in [0.717, 1.165) is 54.1 Å². The summed E-state index contributed by atoms with van der Waals surface area (Å²) in [6.07, 6.45) is 10.4. The summed E-state index contributed by atoms with van der Waals surface area (Å²) in [5.74, 6) is 0.364. The van der Waals surface area contributed by atoms with Crippen LogP contribution in [0.2, 0.25) is 0 Å². The Labute approximate surface area is 169 Å². The number of nitrogens with zero attached hydrogens (tertiary/aromatic N) is 3. The minimum atomic E-state index is -0.249. The third-order valence-electron chi connectivity index (χ3n) is 5.56. The van der Waals surface area contributed by atoms with Gasteiger partial charge in [-0.05, 0) is 44.2 Å². The second kappa shape index (κ2) is 8.90. The highest BCUT2D eigenvalue weighted by molar-refractivity contribution is 7.99. The van der Waals surface area contributed by atoms with Crippen molar-refractivity contribution in [1.82, 2.24) is 19.9 Å². The number of fused-ring (bicyclic) bond motifs is 1. The van der Waals surface area contributed by atoms with Crippen molar-refractivity contribution in [1.29, 1.82) is 0 Å². The summed E-state index contributed by atoms with van der Waals surface area (Å²) in [4.78, 5) is 33.7. The van der Waals surface area contributed by atoms with Gasteiger partial charge in [0.1, 0.15) is 5.03 Å². The SMILES string of the molecule is O=C(CSc1nc(=O)n(Cc2ccccn2)c2c1CCC2)NC1CCCCC1. The van der Waals surface area contributed by atoms with Crippen molar-refractivity contribution in [2.24, 2.45) is 0 Å². The highest BCUT2D eigenvalue weighted by Crippen LogP contribution is 2.29. The molecule has 1 N–H and O–H groups in total. The van der Waals surface area contributed by atoms with Crippen LogP contribution in [-0.4, -0.2) is 32.2 Å². The Morgan fingerprint density at radius 3 is 2.82 bits per heavy atom. The lowest BCUT2D eigenvalue weighted by Crippen LogP contribution is -2.37. The molecule has 28 heavy (non-hydrogen) atoms. The molecule has 0 spiro atoms. The molecule has 2 aliphatic rings. The zero-order valence-electron chi connectivity index (χ0n) is 16.0. The van der Waals surface area contributed by atoms with Crippen LogP contribution >= 0.6 is 11.8 Å². The molecule has 0 atom stereocenters. The Hall–Kier alpha value is -2.15. The number of carbonyl (C=O) groups excluding carboxylic acids is 1. The number of pyridine rings is 1. The molecule has 1 amide bonds. The van der Waals surface area contributed by atoms with Crippen molar-refractivity contribution < 1.29 is 4.79 Å². The zero-order chi connectivity index (χ0) is 19.3. The summed E-state index contributed by atoms with van der Waals surface area (Å²) < 4.78 is 1.75. The predicted octanol–water partition coefficient (Wildman–Crippen LogP) is 2.72. The van der Waals surface area contributed by atoms with Crippen molar-refractivity contribution in [3.63, 3.8) is 0 Å². The van der Waals surface area contributed by atoms with Gasteiger partial charge in [0, 0.05) is 23.5 Å². The van der Waals surface area contributed by atoms with E-state index in [1.165, 1.54) is 31.0 Å². The van der Waals surface area contributed by atoms with Crippen LogP contribution in [0.1, 0.15) is 55.5 Å². The number of amides is 1. The lowest BCUT2D eigenvalue weighted by Gasteiger charge is -2.22. The van der Waals surface area contributed by atoms with Crippen molar-refractivity contribution in [2.45, 2.75) is 69.0 Å². The Kier molecular flexibility index (Phi) is 6.10. The quantitative estimate of drug-likeness (QED) is 0.598. The zero-order valence-corrected chi connectivity index (χ0v) is 16.8. The van der Waals surface area contributed by atoms with Gasteiger partial charge in [0.05, 0.1) is 18.0 Å². The Balaban J connectivity index is 1.46. The lowest BCUT2D eigenvalue weighted by molar-refractivity contribution is -0.119. The third-order valence-corrected chi connectivity index (χ3v) is 6.57. The van der Waals surface area contributed by atoms with Crippen LogP contribution in [0.25, 0.3) is 0 Å². The average molecular weight is 399 g/mol. The van der Waals surface area contributed by atoms with Crippen LogP contribution in [-0.2, 0) is 24.2 Å². The van der Waals surface area contributed by atoms with Gasteiger partial charge >= 0.3 is 5.69 Å².